The van der Waals surface area contributed by atoms with Gasteiger partial charge in [0.05, 0.1) is 5.92 Å². The number of likely N-dealkylation sites (tertiary alicyclic amines) is 1. The first-order chi connectivity index (χ1) is 9.88. The molecule has 1 fully saturated rings. The predicted molar refractivity (Wildman–Crippen MR) is 89.1 cm³/mol. The number of amides is 1. The van der Waals surface area contributed by atoms with E-state index in [4.69, 9.17) is 35.3 Å². The number of carbonyl (C=O) groups excluding carboxylic acids is 1. The molecule has 1 heterocycles. The van der Waals surface area contributed by atoms with Gasteiger partial charge in [-0.1, -0.05) is 36.0 Å². The van der Waals surface area contributed by atoms with Crippen LogP contribution >= 0.6 is 23.8 Å². The molecule has 114 valence electrons. The fraction of sp³-hybridized carbons (Fsp3) is 0.467. The number of benzene rings is 1. The van der Waals surface area contributed by atoms with E-state index in [0.29, 0.717) is 29.1 Å². The van der Waals surface area contributed by atoms with Crippen molar-refractivity contribution in [3.63, 3.8) is 0 Å². The molecule has 1 amide bonds. The molecule has 1 aromatic rings. The Morgan fingerprint density at radius 2 is 2.14 bits per heavy atom. The van der Waals surface area contributed by atoms with E-state index >= 15 is 0 Å². The highest BCUT2D eigenvalue weighted by Gasteiger charge is 2.28. The molecular formula is C15H20ClN3OS. The van der Waals surface area contributed by atoms with Gasteiger partial charge in [-0.2, -0.15) is 0 Å². The summed E-state index contributed by atoms with van der Waals surface area (Å²) in [6, 6.07) is 6.02. The number of rotatable bonds is 4. The number of nitrogens with zero attached hydrogens (tertiary/aromatic N) is 1. The molecule has 4 nitrogen and oxygen atoms in total. The molecule has 0 radical (unpaired) electrons. The highest BCUT2D eigenvalue weighted by atomic mass is 35.5. The molecule has 0 bridgehead atoms. The lowest BCUT2D eigenvalue weighted by Gasteiger charge is -2.37. The van der Waals surface area contributed by atoms with Crippen molar-refractivity contribution in [2.75, 3.05) is 6.54 Å². The lowest BCUT2D eigenvalue weighted by molar-refractivity contribution is -0.124. The standard InChI is InChI=1S/C15H20ClN3OS/c1-9-2-3-12(14(17)20)8-19(9)7-11-5-4-10(15(18)21)6-13(11)16/h4-6,9,12H,2-3,7-8H2,1H3,(H2,17,20)(H2,18,21). The molecule has 0 spiro atoms. The van der Waals surface area contributed by atoms with E-state index in [-0.39, 0.29) is 11.8 Å². The Kier molecular flexibility index (Phi) is 5.19. The van der Waals surface area contributed by atoms with E-state index in [1.807, 2.05) is 12.1 Å². The van der Waals surface area contributed by atoms with Crippen LogP contribution in [0.1, 0.15) is 30.9 Å². The molecule has 0 saturated carbocycles. The topological polar surface area (TPSA) is 72.4 Å². The van der Waals surface area contributed by atoms with Gasteiger partial charge < -0.3 is 11.5 Å². The van der Waals surface area contributed by atoms with Crippen LogP contribution in [0.3, 0.4) is 0 Å². The second-order valence-electron chi connectivity index (χ2n) is 5.63. The van der Waals surface area contributed by atoms with Crippen molar-refractivity contribution in [1.82, 2.24) is 4.90 Å². The minimum absolute atomic E-state index is 0.0733. The zero-order valence-corrected chi connectivity index (χ0v) is 13.6. The number of halogens is 1. The van der Waals surface area contributed by atoms with Crippen LogP contribution in [-0.4, -0.2) is 28.4 Å². The first kappa shape index (κ1) is 16.2. The Bertz CT molecular complexity index is 564. The van der Waals surface area contributed by atoms with Gasteiger partial charge in [0, 0.05) is 29.7 Å². The predicted octanol–water partition coefficient (Wildman–Crippen LogP) is 2.06. The molecule has 1 aromatic carbocycles. The summed E-state index contributed by atoms with van der Waals surface area (Å²) in [7, 11) is 0. The average Bonchev–Trinajstić information content (AvgIpc) is 2.42. The van der Waals surface area contributed by atoms with Gasteiger partial charge >= 0.3 is 0 Å². The molecule has 2 atom stereocenters. The van der Waals surface area contributed by atoms with Crippen molar-refractivity contribution in [1.29, 1.82) is 0 Å². The molecule has 2 unspecified atom stereocenters. The second-order valence-corrected chi connectivity index (χ2v) is 6.47. The summed E-state index contributed by atoms with van der Waals surface area (Å²) >= 11 is 11.3. The first-order valence-electron chi connectivity index (χ1n) is 7.00. The number of carbonyl (C=O) groups is 1. The Balaban J connectivity index is 2.12. The van der Waals surface area contributed by atoms with Crippen LogP contribution in [0.15, 0.2) is 18.2 Å². The van der Waals surface area contributed by atoms with Gasteiger partial charge in [0.25, 0.3) is 0 Å². The molecule has 4 N–H and O–H groups in total. The monoisotopic (exact) mass is 325 g/mol. The normalized spacial score (nSPS) is 23.0. The summed E-state index contributed by atoms with van der Waals surface area (Å²) in [5.41, 5.74) is 12.8. The molecule has 1 aliphatic heterocycles. The Morgan fingerprint density at radius 1 is 1.43 bits per heavy atom. The fourth-order valence-electron chi connectivity index (χ4n) is 2.68. The SMILES string of the molecule is CC1CCC(C(N)=O)CN1Cc1ccc(C(N)=S)cc1Cl. The van der Waals surface area contributed by atoms with Gasteiger partial charge in [0.1, 0.15) is 4.99 Å². The molecule has 2 rings (SSSR count). The highest BCUT2D eigenvalue weighted by Crippen LogP contribution is 2.26. The molecule has 1 saturated heterocycles. The minimum Gasteiger partial charge on any atom is -0.389 e. The first-order valence-corrected chi connectivity index (χ1v) is 7.78. The molecule has 1 aliphatic rings. The van der Waals surface area contributed by atoms with Crippen LogP contribution in [0.4, 0.5) is 0 Å². The van der Waals surface area contributed by atoms with E-state index in [0.717, 1.165) is 24.0 Å². The van der Waals surface area contributed by atoms with Gasteiger partial charge in [-0.15, -0.1) is 0 Å². The number of hydrogen-bond acceptors (Lipinski definition) is 3. The zero-order valence-electron chi connectivity index (χ0n) is 12.0. The van der Waals surface area contributed by atoms with Gasteiger partial charge in [0.2, 0.25) is 5.91 Å². The van der Waals surface area contributed by atoms with Crippen molar-refractivity contribution in [3.05, 3.63) is 34.3 Å². The Morgan fingerprint density at radius 3 is 2.71 bits per heavy atom. The molecule has 0 aromatic heterocycles. The summed E-state index contributed by atoms with van der Waals surface area (Å²) in [6.07, 6.45) is 1.83. The summed E-state index contributed by atoms with van der Waals surface area (Å²) in [4.78, 5) is 14.0. The average molecular weight is 326 g/mol. The van der Waals surface area contributed by atoms with Gasteiger partial charge in [-0.05, 0) is 31.4 Å². The lowest BCUT2D eigenvalue weighted by atomic mass is 9.92. The van der Waals surface area contributed by atoms with E-state index in [9.17, 15) is 4.79 Å². The van der Waals surface area contributed by atoms with Crippen LogP contribution in [0, 0.1) is 5.92 Å². The quantitative estimate of drug-likeness (QED) is 0.831. The largest absolute Gasteiger partial charge is 0.389 e. The summed E-state index contributed by atoms with van der Waals surface area (Å²) in [5, 5.41) is 0.647. The van der Waals surface area contributed by atoms with E-state index in [2.05, 4.69) is 11.8 Å². The van der Waals surface area contributed by atoms with Gasteiger partial charge in [-0.3, -0.25) is 9.69 Å². The number of thiocarbonyl (C=S) groups is 1. The molecule has 0 aliphatic carbocycles. The summed E-state index contributed by atoms with van der Waals surface area (Å²) in [5.74, 6) is -0.294. The van der Waals surface area contributed by atoms with Crippen LogP contribution in [-0.2, 0) is 11.3 Å². The van der Waals surface area contributed by atoms with Crippen molar-refractivity contribution < 1.29 is 4.79 Å². The second kappa shape index (κ2) is 6.73. The third-order valence-electron chi connectivity index (χ3n) is 4.12. The smallest absolute Gasteiger partial charge is 0.221 e. The maximum absolute atomic E-state index is 11.4. The van der Waals surface area contributed by atoms with Crippen LogP contribution in [0.25, 0.3) is 0 Å². The van der Waals surface area contributed by atoms with Gasteiger partial charge in [0.15, 0.2) is 0 Å². The summed E-state index contributed by atoms with van der Waals surface area (Å²) < 4.78 is 0. The van der Waals surface area contributed by atoms with Crippen molar-refractivity contribution in [3.8, 4) is 0 Å². The third kappa shape index (κ3) is 3.93. The van der Waals surface area contributed by atoms with Crippen molar-refractivity contribution in [2.45, 2.75) is 32.4 Å². The molecule has 21 heavy (non-hydrogen) atoms. The summed E-state index contributed by atoms with van der Waals surface area (Å²) in [6.45, 7) is 3.54. The maximum atomic E-state index is 11.4. The maximum Gasteiger partial charge on any atom is 0.221 e. The minimum atomic E-state index is -0.221. The van der Waals surface area contributed by atoms with E-state index in [1.54, 1.807) is 6.07 Å². The third-order valence-corrected chi connectivity index (χ3v) is 4.71. The van der Waals surface area contributed by atoms with Crippen molar-refractivity contribution >= 4 is 34.7 Å². The van der Waals surface area contributed by atoms with E-state index in [1.165, 1.54) is 0 Å². The fourth-order valence-corrected chi connectivity index (χ4v) is 3.05. The van der Waals surface area contributed by atoms with Crippen LogP contribution in [0.2, 0.25) is 5.02 Å². The lowest BCUT2D eigenvalue weighted by Crippen LogP contribution is -2.45. The zero-order chi connectivity index (χ0) is 15.6. The highest BCUT2D eigenvalue weighted by molar-refractivity contribution is 7.80. The Labute approximate surface area is 135 Å². The molecular weight excluding hydrogens is 306 g/mol. The number of primary amides is 1. The van der Waals surface area contributed by atoms with Crippen LogP contribution < -0.4 is 11.5 Å². The number of nitrogens with two attached hydrogens (primary N) is 2. The van der Waals surface area contributed by atoms with Crippen LogP contribution in [0.5, 0.6) is 0 Å². The van der Waals surface area contributed by atoms with Crippen molar-refractivity contribution in [2.24, 2.45) is 17.4 Å². The molecule has 6 heteroatoms. The Hall–Kier alpha value is -1.17. The van der Waals surface area contributed by atoms with Gasteiger partial charge in [-0.25, -0.2) is 0 Å². The number of piperidine rings is 1. The van der Waals surface area contributed by atoms with E-state index < -0.39 is 0 Å². The number of hydrogen-bond donors (Lipinski definition) is 2.